The summed E-state index contributed by atoms with van der Waals surface area (Å²) in [5.41, 5.74) is 13.1. The number of nitrogens with zero attached hydrogens (tertiary/aromatic N) is 4. The van der Waals surface area contributed by atoms with Crippen molar-refractivity contribution in [1.82, 2.24) is 20.3 Å². The number of nitrogens with two attached hydrogens (primary N) is 2. The number of aromatic nitrogens is 3. The lowest BCUT2D eigenvalue weighted by molar-refractivity contribution is 0.204. The second kappa shape index (κ2) is 10.1. The van der Waals surface area contributed by atoms with Gasteiger partial charge in [-0.05, 0) is 13.0 Å². The van der Waals surface area contributed by atoms with E-state index in [1.54, 1.807) is 12.4 Å². The van der Waals surface area contributed by atoms with Gasteiger partial charge in [0.15, 0.2) is 17.8 Å². The number of anilines is 2. The van der Waals surface area contributed by atoms with Gasteiger partial charge in [0.1, 0.15) is 0 Å². The molecule has 1 aliphatic rings. The van der Waals surface area contributed by atoms with Gasteiger partial charge in [-0.15, -0.1) is 0 Å². The van der Waals surface area contributed by atoms with Gasteiger partial charge < -0.3 is 20.7 Å². The topological polar surface area (TPSA) is 139 Å². The Morgan fingerprint density at radius 2 is 1.78 bits per heavy atom. The minimum absolute atomic E-state index is 0.00682. The zero-order valence-corrected chi connectivity index (χ0v) is 21.5. The molecule has 9 nitrogen and oxygen atoms in total. The van der Waals surface area contributed by atoms with E-state index in [9.17, 15) is 4.39 Å². The molecular formula is C24H27Cl2FN8O. The number of pyridine rings is 1. The summed E-state index contributed by atoms with van der Waals surface area (Å²) in [4.78, 5) is 14.7. The lowest BCUT2D eigenvalue weighted by atomic mass is 9.92. The fourth-order valence-corrected chi connectivity index (χ4v) is 4.84. The number of hydrogen-bond acceptors (Lipinski definition) is 9. The van der Waals surface area contributed by atoms with Gasteiger partial charge in [-0.25, -0.2) is 14.4 Å². The van der Waals surface area contributed by atoms with Gasteiger partial charge in [0.05, 0.1) is 21.3 Å². The first kappa shape index (κ1) is 26.0. The van der Waals surface area contributed by atoms with Crippen LogP contribution in [-0.4, -0.2) is 45.3 Å². The van der Waals surface area contributed by atoms with E-state index in [1.807, 2.05) is 0 Å². The number of halogens is 3. The average molecular weight is 533 g/mol. The third kappa shape index (κ3) is 5.36. The number of benzene rings is 1. The normalized spacial score (nSPS) is 15.5. The number of nitrogens with one attached hydrogen (secondary N) is 2. The van der Waals surface area contributed by atoms with Crippen LogP contribution in [0.2, 0.25) is 10.0 Å². The Balaban J connectivity index is 1.51. The van der Waals surface area contributed by atoms with Crippen molar-refractivity contribution >= 4 is 40.5 Å². The molecule has 1 saturated heterocycles. The molecule has 190 valence electrons. The van der Waals surface area contributed by atoms with E-state index in [0.717, 1.165) is 19.2 Å². The minimum Gasteiger partial charge on any atom is -0.468 e. The first-order valence-electron chi connectivity index (χ1n) is 11.2. The summed E-state index contributed by atoms with van der Waals surface area (Å²) in [6.07, 6.45) is 4.63. The molecule has 4 rings (SSSR count). The molecule has 1 aliphatic heterocycles. The van der Waals surface area contributed by atoms with Gasteiger partial charge in [0.2, 0.25) is 5.95 Å². The summed E-state index contributed by atoms with van der Waals surface area (Å²) < 4.78 is 20.3. The summed E-state index contributed by atoms with van der Waals surface area (Å²) in [5, 5.41) is 12.5. The SMILES string of the molecule is CC(C)NC1(C)CN(c2ncc(C(=N)c3cc(O[C@H](N)c4c(Cl)cncc4Cl)c(F)cc3N)cn2)C1. The predicted molar refractivity (Wildman–Crippen MR) is 139 cm³/mol. The third-order valence-corrected chi connectivity index (χ3v) is 6.33. The molecule has 6 N–H and O–H groups in total. The van der Waals surface area contributed by atoms with E-state index in [0.29, 0.717) is 17.6 Å². The average Bonchev–Trinajstić information content (AvgIpc) is 2.78. The zero-order valence-electron chi connectivity index (χ0n) is 20.0. The summed E-state index contributed by atoms with van der Waals surface area (Å²) >= 11 is 12.3. The first-order valence-corrected chi connectivity index (χ1v) is 12.0. The summed E-state index contributed by atoms with van der Waals surface area (Å²) in [5.74, 6) is -0.388. The van der Waals surface area contributed by atoms with Gasteiger partial charge >= 0.3 is 0 Å². The Hall–Kier alpha value is -3.05. The van der Waals surface area contributed by atoms with Gasteiger partial charge in [0.25, 0.3) is 0 Å². The van der Waals surface area contributed by atoms with Gasteiger partial charge in [-0.2, -0.15) is 0 Å². The van der Waals surface area contributed by atoms with Crippen LogP contribution in [0.1, 0.15) is 43.7 Å². The van der Waals surface area contributed by atoms with E-state index in [2.05, 4.69) is 45.9 Å². The standard InChI is InChI=1S/C24H27Cl2FN8O/c1-12(2)34-24(3)10-35(11-24)23-32-6-13(7-33-23)21(29)14-4-19(17(27)5-18(14)28)36-22(30)20-15(25)8-31-9-16(20)26/h4-9,12,22,29,34H,10-11,28,30H2,1-3H3/t22-/m0/s1. The van der Waals surface area contributed by atoms with E-state index < -0.39 is 12.0 Å². The molecule has 2 aromatic heterocycles. The van der Waals surface area contributed by atoms with Crippen LogP contribution in [-0.2, 0) is 0 Å². The zero-order chi connectivity index (χ0) is 26.2. The molecule has 1 fully saturated rings. The summed E-state index contributed by atoms with van der Waals surface area (Å²) in [7, 11) is 0. The second-order valence-corrected chi connectivity index (χ2v) is 10.1. The molecule has 0 amide bonds. The highest BCUT2D eigenvalue weighted by molar-refractivity contribution is 6.35. The Labute approximate surface area is 218 Å². The molecule has 0 spiro atoms. The van der Waals surface area contributed by atoms with Crippen molar-refractivity contribution in [1.29, 1.82) is 5.41 Å². The van der Waals surface area contributed by atoms with Crippen LogP contribution in [0.15, 0.2) is 36.9 Å². The Kier molecular flexibility index (Phi) is 7.33. The molecule has 36 heavy (non-hydrogen) atoms. The Morgan fingerprint density at radius 3 is 2.36 bits per heavy atom. The summed E-state index contributed by atoms with van der Waals surface area (Å²) in [6, 6.07) is 2.76. The van der Waals surface area contributed by atoms with E-state index in [4.69, 9.17) is 44.8 Å². The van der Waals surface area contributed by atoms with Crippen molar-refractivity contribution in [3.63, 3.8) is 0 Å². The minimum atomic E-state index is -1.18. The van der Waals surface area contributed by atoms with Gasteiger partial charge in [-0.3, -0.25) is 16.1 Å². The maximum Gasteiger partial charge on any atom is 0.225 e. The lowest BCUT2D eigenvalue weighted by Gasteiger charge is -2.49. The third-order valence-electron chi connectivity index (χ3n) is 5.73. The molecule has 0 saturated carbocycles. The second-order valence-electron chi connectivity index (χ2n) is 9.29. The molecule has 0 unspecified atom stereocenters. The Morgan fingerprint density at radius 1 is 1.17 bits per heavy atom. The van der Waals surface area contributed by atoms with Gasteiger partial charge in [0, 0.05) is 72.4 Å². The fraction of sp³-hybridized carbons (Fsp3) is 0.333. The van der Waals surface area contributed by atoms with Crippen molar-refractivity contribution < 1.29 is 9.13 Å². The van der Waals surface area contributed by atoms with Crippen molar-refractivity contribution in [3.05, 3.63) is 69.5 Å². The van der Waals surface area contributed by atoms with E-state index in [-0.39, 0.29) is 43.9 Å². The molecule has 12 heteroatoms. The van der Waals surface area contributed by atoms with Crippen molar-refractivity contribution in [3.8, 4) is 5.75 Å². The first-order chi connectivity index (χ1) is 17.0. The van der Waals surface area contributed by atoms with Crippen LogP contribution in [0.25, 0.3) is 0 Å². The number of hydrogen-bond donors (Lipinski definition) is 4. The van der Waals surface area contributed by atoms with Crippen LogP contribution in [0, 0.1) is 11.2 Å². The fourth-order valence-electron chi connectivity index (χ4n) is 4.26. The molecule has 1 aromatic carbocycles. The van der Waals surface area contributed by atoms with E-state index >= 15 is 0 Å². The van der Waals surface area contributed by atoms with Crippen molar-refractivity contribution in [2.24, 2.45) is 5.73 Å². The molecule has 0 aliphatic carbocycles. The Bertz CT molecular complexity index is 1260. The van der Waals surface area contributed by atoms with Crippen LogP contribution in [0.5, 0.6) is 5.75 Å². The van der Waals surface area contributed by atoms with Crippen LogP contribution in [0.4, 0.5) is 16.0 Å². The molecule has 3 heterocycles. The lowest BCUT2D eigenvalue weighted by Crippen LogP contribution is -2.69. The molecule has 3 aromatic rings. The highest BCUT2D eigenvalue weighted by atomic mass is 35.5. The number of nitrogen functional groups attached to an aromatic ring is 1. The smallest absolute Gasteiger partial charge is 0.225 e. The number of ether oxygens (including phenoxy) is 1. The largest absolute Gasteiger partial charge is 0.468 e. The highest BCUT2D eigenvalue weighted by Crippen LogP contribution is 2.33. The predicted octanol–water partition coefficient (Wildman–Crippen LogP) is 3.93. The van der Waals surface area contributed by atoms with Crippen molar-refractivity contribution in [2.45, 2.75) is 38.6 Å². The highest BCUT2D eigenvalue weighted by Gasteiger charge is 2.40. The van der Waals surface area contributed by atoms with Crippen LogP contribution in [0.3, 0.4) is 0 Å². The van der Waals surface area contributed by atoms with E-state index in [1.165, 1.54) is 18.5 Å². The van der Waals surface area contributed by atoms with Crippen molar-refractivity contribution in [2.75, 3.05) is 23.7 Å². The number of rotatable bonds is 8. The van der Waals surface area contributed by atoms with Crippen LogP contribution < -0.4 is 26.4 Å². The summed E-state index contributed by atoms with van der Waals surface area (Å²) in [6.45, 7) is 7.94. The quantitative estimate of drug-likeness (QED) is 0.194. The van der Waals surface area contributed by atoms with Gasteiger partial charge in [-0.1, -0.05) is 37.0 Å². The maximum atomic E-state index is 14.7. The van der Waals surface area contributed by atoms with Crippen LogP contribution >= 0.6 is 23.2 Å². The molecule has 0 radical (unpaired) electrons. The monoisotopic (exact) mass is 532 g/mol. The molecular weight excluding hydrogens is 506 g/mol. The molecule has 0 bridgehead atoms. The maximum absolute atomic E-state index is 14.7. The molecule has 1 atom stereocenters.